The molecular formula is C15H14N2O3S. The minimum atomic E-state index is -3.80. The predicted molar refractivity (Wildman–Crippen MR) is 79.1 cm³/mol. The second-order valence-electron chi connectivity index (χ2n) is 5.06. The van der Waals surface area contributed by atoms with Crippen molar-refractivity contribution in [1.82, 2.24) is 4.31 Å². The Morgan fingerprint density at radius 1 is 1.14 bits per heavy atom. The number of anilines is 1. The summed E-state index contributed by atoms with van der Waals surface area (Å²) in [6, 6.07) is 11.7. The van der Waals surface area contributed by atoms with E-state index in [4.69, 9.17) is 5.73 Å². The summed E-state index contributed by atoms with van der Waals surface area (Å²) in [6.45, 7) is 1.94. The van der Waals surface area contributed by atoms with Gasteiger partial charge in [0.1, 0.15) is 4.90 Å². The number of hydrogen-bond donors (Lipinski definition) is 1. The molecule has 1 heterocycles. The minimum absolute atomic E-state index is 0.0225. The van der Waals surface area contributed by atoms with Crippen LogP contribution in [0.5, 0.6) is 0 Å². The van der Waals surface area contributed by atoms with Crippen LogP contribution >= 0.6 is 0 Å². The molecule has 1 aliphatic rings. The number of nitrogen functional groups attached to an aromatic ring is 1. The van der Waals surface area contributed by atoms with Crippen LogP contribution in [0, 0.1) is 6.92 Å². The van der Waals surface area contributed by atoms with E-state index in [1.165, 1.54) is 18.2 Å². The van der Waals surface area contributed by atoms with Gasteiger partial charge in [0, 0.05) is 5.69 Å². The third-order valence-corrected chi connectivity index (χ3v) is 5.22. The first kappa shape index (κ1) is 13.6. The maximum Gasteiger partial charge on any atom is 0.269 e. The number of hydrogen-bond acceptors (Lipinski definition) is 4. The van der Waals surface area contributed by atoms with Gasteiger partial charge in [-0.15, -0.1) is 0 Å². The third kappa shape index (κ3) is 2.17. The standard InChI is InChI=1S/C15H14N2O3S/c1-10-3-2-4-11(7-10)9-17-15(18)13-8-12(16)5-6-14(13)21(17,19)20/h2-8H,9,16H2,1H3. The summed E-state index contributed by atoms with van der Waals surface area (Å²) in [4.78, 5) is 12.4. The van der Waals surface area contributed by atoms with Crippen molar-refractivity contribution in [2.24, 2.45) is 0 Å². The van der Waals surface area contributed by atoms with Crippen LogP contribution in [-0.2, 0) is 16.6 Å². The molecule has 21 heavy (non-hydrogen) atoms. The van der Waals surface area contributed by atoms with Crippen molar-refractivity contribution in [1.29, 1.82) is 0 Å². The summed E-state index contributed by atoms with van der Waals surface area (Å²) >= 11 is 0. The van der Waals surface area contributed by atoms with Crippen LogP contribution in [0.1, 0.15) is 21.5 Å². The van der Waals surface area contributed by atoms with Crippen LogP contribution in [0.3, 0.4) is 0 Å². The molecule has 1 aliphatic heterocycles. The molecule has 0 spiro atoms. The van der Waals surface area contributed by atoms with Crippen LogP contribution in [0.2, 0.25) is 0 Å². The highest BCUT2D eigenvalue weighted by Gasteiger charge is 2.41. The van der Waals surface area contributed by atoms with Crippen LogP contribution in [0.15, 0.2) is 47.4 Å². The van der Waals surface area contributed by atoms with E-state index in [0.717, 1.165) is 15.4 Å². The van der Waals surface area contributed by atoms with E-state index >= 15 is 0 Å². The Hall–Kier alpha value is -2.34. The highest BCUT2D eigenvalue weighted by Crippen LogP contribution is 2.32. The average Bonchev–Trinajstić information content (AvgIpc) is 2.60. The van der Waals surface area contributed by atoms with Gasteiger partial charge in [0.25, 0.3) is 15.9 Å². The Morgan fingerprint density at radius 2 is 1.90 bits per heavy atom. The molecule has 0 bridgehead atoms. The van der Waals surface area contributed by atoms with E-state index in [2.05, 4.69) is 0 Å². The average molecular weight is 302 g/mol. The molecule has 2 aromatic rings. The summed E-state index contributed by atoms with van der Waals surface area (Å²) in [7, 11) is -3.80. The lowest BCUT2D eigenvalue weighted by atomic mass is 10.1. The zero-order valence-corrected chi connectivity index (χ0v) is 12.2. The summed E-state index contributed by atoms with van der Waals surface area (Å²) in [5, 5.41) is 0. The molecular weight excluding hydrogens is 288 g/mol. The Bertz CT molecular complexity index is 844. The van der Waals surface area contributed by atoms with Crippen LogP contribution in [0.4, 0.5) is 5.69 Å². The molecule has 6 heteroatoms. The molecule has 2 aromatic carbocycles. The number of carbonyl (C=O) groups excluding carboxylic acids is 1. The SMILES string of the molecule is Cc1cccc(CN2C(=O)c3cc(N)ccc3S2(=O)=O)c1. The first-order chi connectivity index (χ1) is 9.89. The smallest absolute Gasteiger partial charge is 0.269 e. The maximum atomic E-state index is 12.5. The Morgan fingerprint density at radius 3 is 2.62 bits per heavy atom. The number of rotatable bonds is 2. The van der Waals surface area contributed by atoms with Gasteiger partial charge < -0.3 is 5.73 Å². The van der Waals surface area contributed by atoms with Crippen LogP contribution < -0.4 is 5.73 Å². The van der Waals surface area contributed by atoms with Gasteiger partial charge >= 0.3 is 0 Å². The minimum Gasteiger partial charge on any atom is -0.399 e. The zero-order valence-electron chi connectivity index (χ0n) is 11.4. The van der Waals surface area contributed by atoms with Crippen molar-refractivity contribution in [2.45, 2.75) is 18.4 Å². The Balaban J connectivity index is 2.04. The molecule has 0 saturated heterocycles. The summed E-state index contributed by atoms with van der Waals surface area (Å²) < 4.78 is 25.8. The molecule has 108 valence electrons. The zero-order chi connectivity index (χ0) is 15.2. The van der Waals surface area contributed by atoms with E-state index in [0.29, 0.717) is 5.69 Å². The van der Waals surface area contributed by atoms with Crippen LogP contribution in [0.25, 0.3) is 0 Å². The third-order valence-electron chi connectivity index (χ3n) is 3.44. The Labute approximate surface area is 123 Å². The molecule has 0 aromatic heterocycles. The number of amides is 1. The number of carbonyl (C=O) groups is 1. The first-order valence-corrected chi connectivity index (χ1v) is 7.86. The van der Waals surface area contributed by atoms with Crippen molar-refractivity contribution in [2.75, 3.05) is 5.73 Å². The number of aryl methyl sites for hydroxylation is 1. The van der Waals surface area contributed by atoms with E-state index in [1.54, 1.807) is 6.07 Å². The fraction of sp³-hybridized carbons (Fsp3) is 0.133. The fourth-order valence-corrected chi connectivity index (χ4v) is 3.97. The lowest BCUT2D eigenvalue weighted by Crippen LogP contribution is -2.29. The van der Waals surface area contributed by atoms with Gasteiger partial charge in [-0.2, -0.15) is 0 Å². The van der Waals surface area contributed by atoms with E-state index < -0.39 is 15.9 Å². The number of benzene rings is 2. The van der Waals surface area contributed by atoms with E-state index in [9.17, 15) is 13.2 Å². The van der Waals surface area contributed by atoms with Gasteiger partial charge in [-0.3, -0.25) is 4.79 Å². The second kappa shape index (κ2) is 4.60. The van der Waals surface area contributed by atoms with E-state index in [-0.39, 0.29) is 17.0 Å². The lowest BCUT2D eigenvalue weighted by molar-refractivity contribution is 0.0865. The monoisotopic (exact) mass is 302 g/mol. The summed E-state index contributed by atoms with van der Waals surface area (Å²) in [5.74, 6) is -0.529. The van der Waals surface area contributed by atoms with E-state index in [1.807, 2.05) is 25.1 Å². The fourth-order valence-electron chi connectivity index (χ4n) is 2.43. The number of fused-ring (bicyclic) bond motifs is 1. The molecule has 1 amide bonds. The molecule has 0 fully saturated rings. The molecule has 3 rings (SSSR count). The van der Waals surface area contributed by atoms with Crippen molar-refractivity contribution >= 4 is 21.6 Å². The normalized spacial score (nSPS) is 16.0. The van der Waals surface area contributed by atoms with Crippen molar-refractivity contribution < 1.29 is 13.2 Å². The van der Waals surface area contributed by atoms with Gasteiger partial charge in [0.05, 0.1) is 12.1 Å². The molecule has 0 radical (unpaired) electrons. The highest BCUT2D eigenvalue weighted by molar-refractivity contribution is 7.90. The number of nitrogens with two attached hydrogens (primary N) is 1. The predicted octanol–water partition coefficient (Wildman–Crippen LogP) is 1.92. The van der Waals surface area contributed by atoms with Gasteiger partial charge in [-0.1, -0.05) is 29.8 Å². The number of nitrogens with zero attached hydrogens (tertiary/aromatic N) is 1. The van der Waals surface area contributed by atoms with Crippen LogP contribution in [-0.4, -0.2) is 18.6 Å². The number of sulfonamides is 1. The van der Waals surface area contributed by atoms with Crippen molar-refractivity contribution in [3.8, 4) is 0 Å². The lowest BCUT2D eigenvalue weighted by Gasteiger charge is -2.15. The summed E-state index contributed by atoms with van der Waals surface area (Å²) in [5.41, 5.74) is 7.93. The molecule has 5 nitrogen and oxygen atoms in total. The molecule has 2 N–H and O–H groups in total. The topological polar surface area (TPSA) is 80.5 Å². The molecule has 0 unspecified atom stereocenters. The quantitative estimate of drug-likeness (QED) is 0.859. The molecule has 0 atom stereocenters. The second-order valence-corrected chi connectivity index (χ2v) is 6.89. The van der Waals surface area contributed by atoms with Gasteiger partial charge in [0.15, 0.2) is 0 Å². The highest BCUT2D eigenvalue weighted by atomic mass is 32.2. The van der Waals surface area contributed by atoms with Crippen molar-refractivity contribution in [3.05, 3.63) is 59.2 Å². The van der Waals surface area contributed by atoms with Gasteiger partial charge in [-0.25, -0.2) is 12.7 Å². The molecule has 0 saturated carbocycles. The largest absolute Gasteiger partial charge is 0.399 e. The maximum absolute atomic E-state index is 12.5. The van der Waals surface area contributed by atoms with Gasteiger partial charge in [-0.05, 0) is 30.7 Å². The van der Waals surface area contributed by atoms with Gasteiger partial charge in [0.2, 0.25) is 0 Å². The first-order valence-electron chi connectivity index (χ1n) is 6.42. The van der Waals surface area contributed by atoms with Crippen molar-refractivity contribution in [3.63, 3.8) is 0 Å². The summed E-state index contributed by atoms with van der Waals surface area (Å²) in [6.07, 6.45) is 0. The molecule has 0 aliphatic carbocycles. The Kier molecular flexibility index (Phi) is 2.98.